The van der Waals surface area contributed by atoms with Crippen molar-refractivity contribution in [2.45, 2.75) is 32.6 Å². The van der Waals surface area contributed by atoms with Crippen molar-refractivity contribution in [2.75, 3.05) is 51.3 Å². The van der Waals surface area contributed by atoms with Crippen molar-refractivity contribution >= 4 is 11.6 Å². The lowest BCUT2D eigenvalue weighted by Gasteiger charge is -2.34. The summed E-state index contributed by atoms with van der Waals surface area (Å²) in [7, 11) is 2.18. The zero-order valence-electron chi connectivity index (χ0n) is 18.4. The second-order valence-corrected chi connectivity index (χ2v) is 8.04. The molecule has 0 radical (unpaired) electrons. The first kappa shape index (κ1) is 22.2. The van der Waals surface area contributed by atoms with Gasteiger partial charge in [-0.3, -0.25) is 4.79 Å². The van der Waals surface area contributed by atoms with Gasteiger partial charge in [0.1, 0.15) is 5.75 Å². The summed E-state index contributed by atoms with van der Waals surface area (Å²) in [6.45, 7) is 7.96. The van der Waals surface area contributed by atoms with Crippen LogP contribution in [0.1, 0.15) is 42.1 Å². The van der Waals surface area contributed by atoms with Crippen LogP contribution >= 0.6 is 0 Å². The van der Waals surface area contributed by atoms with Crippen LogP contribution in [0.2, 0.25) is 0 Å². The van der Waals surface area contributed by atoms with E-state index in [1.807, 2.05) is 24.3 Å². The molecule has 0 bridgehead atoms. The van der Waals surface area contributed by atoms with E-state index in [1.54, 1.807) is 0 Å². The Morgan fingerprint density at radius 3 is 2.33 bits per heavy atom. The van der Waals surface area contributed by atoms with E-state index in [4.69, 9.17) is 4.74 Å². The molecule has 3 rings (SSSR count). The third kappa shape index (κ3) is 6.77. The maximum atomic E-state index is 12.3. The van der Waals surface area contributed by atoms with Gasteiger partial charge in [-0.05, 0) is 68.3 Å². The van der Waals surface area contributed by atoms with Crippen LogP contribution in [0.25, 0.3) is 0 Å². The van der Waals surface area contributed by atoms with Crippen LogP contribution in [-0.2, 0) is 6.42 Å². The van der Waals surface area contributed by atoms with E-state index < -0.39 is 0 Å². The first-order valence-corrected chi connectivity index (χ1v) is 11.2. The molecular formula is C25H35N3O2. The minimum absolute atomic E-state index is 0.0273. The number of nitrogens with one attached hydrogen (secondary N) is 1. The summed E-state index contributed by atoms with van der Waals surface area (Å²) < 4.78 is 5.64. The van der Waals surface area contributed by atoms with E-state index in [0.29, 0.717) is 12.1 Å². The van der Waals surface area contributed by atoms with Gasteiger partial charge in [-0.15, -0.1) is 0 Å². The van der Waals surface area contributed by atoms with E-state index in [0.717, 1.165) is 64.2 Å². The summed E-state index contributed by atoms with van der Waals surface area (Å²) >= 11 is 0. The van der Waals surface area contributed by atoms with Crippen LogP contribution in [0.5, 0.6) is 5.75 Å². The fourth-order valence-corrected chi connectivity index (χ4v) is 3.57. The van der Waals surface area contributed by atoms with Crippen molar-refractivity contribution in [2.24, 2.45) is 0 Å². The summed E-state index contributed by atoms with van der Waals surface area (Å²) in [6, 6.07) is 16.3. The number of likely N-dealkylation sites (N-methyl/N-ethyl adjacent to an activating group) is 1. The molecular weight excluding hydrogens is 374 g/mol. The van der Waals surface area contributed by atoms with Crippen molar-refractivity contribution in [1.82, 2.24) is 10.2 Å². The number of rotatable bonds is 10. The van der Waals surface area contributed by atoms with Gasteiger partial charge < -0.3 is 19.9 Å². The Morgan fingerprint density at radius 2 is 1.67 bits per heavy atom. The predicted octanol–water partition coefficient (Wildman–Crippen LogP) is 3.98. The van der Waals surface area contributed by atoms with Crippen molar-refractivity contribution in [1.29, 1.82) is 0 Å². The quantitative estimate of drug-likeness (QED) is 0.603. The second kappa shape index (κ2) is 11.6. The number of amides is 1. The number of carbonyl (C=O) groups is 1. The van der Waals surface area contributed by atoms with Gasteiger partial charge in [0.05, 0.1) is 6.61 Å². The maximum absolute atomic E-state index is 12.3. The third-order valence-electron chi connectivity index (χ3n) is 5.62. The highest BCUT2D eigenvalue weighted by atomic mass is 16.5. The molecule has 1 fully saturated rings. The number of hydrogen-bond acceptors (Lipinski definition) is 4. The molecule has 2 aromatic carbocycles. The Morgan fingerprint density at radius 1 is 0.967 bits per heavy atom. The number of hydrogen-bond donors (Lipinski definition) is 1. The van der Waals surface area contributed by atoms with E-state index in [2.05, 4.69) is 53.4 Å². The molecule has 0 aromatic heterocycles. The van der Waals surface area contributed by atoms with Gasteiger partial charge in [0.15, 0.2) is 0 Å². The Labute approximate surface area is 181 Å². The zero-order valence-corrected chi connectivity index (χ0v) is 18.4. The van der Waals surface area contributed by atoms with Gasteiger partial charge >= 0.3 is 0 Å². The van der Waals surface area contributed by atoms with Gasteiger partial charge in [-0.2, -0.15) is 0 Å². The average Bonchev–Trinajstić information content (AvgIpc) is 2.78. The predicted molar refractivity (Wildman–Crippen MR) is 124 cm³/mol. The number of piperazine rings is 1. The molecule has 0 saturated carbocycles. The summed E-state index contributed by atoms with van der Waals surface area (Å²) in [4.78, 5) is 17.1. The first-order chi connectivity index (χ1) is 14.7. The van der Waals surface area contributed by atoms with Crippen molar-refractivity contribution < 1.29 is 9.53 Å². The lowest BCUT2D eigenvalue weighted by molar-refractivity contribution is 0.0953. The van der Waals surface area contributed by atoms with Crippen LogP contribution in [0.4, 0.5) is 5.69 Å². The van der Waals surface area contributed by atoms with Crippen LogP contribution < -0.4 is 15.0 Å². The molecule has 5 heteroatoms. The van der Waals surface area contributed by atoms with Crippen molar-refractivity contribution in [3.05, 3.63) is 59.7 Å². The highest BCUT2D eigenvalue weighted by molar-refractivity contribution is 5.94. The fraction of sp³-hybridized carbons (Fsp3) is 0.480. The number of nitrogens with zero attached hydrogens (tertiary/aromatic N) is 2. The second-order valence-electron chi connectivity index (χ2n) is 8.04. The lowest BCUT2D eigenvalue weighted by Crippen LogP contribution is -2.44. The normalized spacial score (nSPS) is 14.5. The average molecular weight is 410 g/mol. The molecule has 1 aliphatic rings. The molecule has 30 heavy (non-hydrogen) atoms. The van der Waals surface area contributed by atoms with E-state index in [9.17, 15) is 4.79 Å². The zero-order chi connectivity index (χ0) is 21.2. The molecule has 1 heterocycles. The molecule has 162 valence electrons. The van der Waals surface area contributed by atoms with E-state index in [-0.39, 0.29) is 5.91 Å². The van der Waals surface area contributed by atoms with Crippen molar-refractivity contribution in [3.63, 3.8) is 0 Å². The fourth-order valence-electron chi connectivity index (χ4n) is 3.57. The van der Waals surface area contributed by atoms with E-state index >= 15 is 0 Å². The molecule has 0 atom stereocenters. The number of anilines is 1. The topological polar surface area (TPSA) is 44.8 Å². The largest absolute Gasteiger partial charge is 0.494 e. The molecule has 1 saturated heterocycles. The Hall–Kier alpha value is -2.53. The molecule has 0 spiro atoms. The highest BCUT2D eigenvalue weighted by Gasteiger charge is 2.13. The Balaban J connectivity index is 1.36. The number of unbranched alkanes of at least 4 members (excludes halogenated alkanes) is 1. The minimum Gasteiger partial charge on any atom is -0.494 e. The van der Waals surface area contributed by atoms with Crippen LogP contribution in [0, 0.1) is 0 Å². The van der Waals surface area contributed by atoms with Crippen LogP contribution in [0.15, 0.2) is 48.5 Å². The van der Waals surface area contributed by atoms with Gasteiger partial charge in [0.2, 0.25) is 0 Å². The number of carbonyl (C=O) groups excluding carboxylic acids is 1. The molecule has 1 N–H and O–H groups in total. The third-order valence-corrected chi connectivity index (χ3v) is 5.62. The molecule has 5 nitrogen and oxygen atoms in total. The van der Waals surface area contributed by atoms with Gasteiger partial charge in [-0.1, -0.05) is 25.5 Å². The Bertz CT molecular complexity index is 766. The molecule has 1 aliphatic heterocycles. The smallest absolute Gasteiger partial charge is 0.251 e. The first-order valence-electron chi connectivity index (χ1n) is 11.2. The van der Waals surface area contributed by atoms with Crippen molar-refractivity contribution in [3.8, 4) is 5.75 Å². The van der Waals surface area contributed by atoms with Crippen LogP contribution in [-0.4, -0.2) is 57.2 Å². The SMILES string of the molecule is CCCCOc1ccc(C(=O)NCCCc2ccc(N3CCN(C)CC3)cc2)cc1. The molecule has 0 aliphatic carbocycles. The van der Waals surface area contributed by atoms with E-state index in [1.165, 1.54) is 11.3 Å². The number of benzene rings is 2. The summed E-state index contributed by atoms with van der Waals surface area (Å²) in [5.41, 5.74) is 3.30. The summed E-state index contributed by atoms with van der Waals surface area (Å²) in [6.07, 6.45) is 4.05. The molecule has 1 amide bonds. The number of ether oxygens (including phenoxy) is 1. The van der Waals surface area contributed by atoms with Gasteiger partial charge in [0.25, 0.3) is 5.91 Å². The standard InChI is InChI=1S/C25H35N3O2/c1-3-4-20-30-24-13-9-22(10-14-24)25(29)26-15-5-6-21-7-11-23(12-8-21)28-18-16-27(2)17-19-28/h7-14H,3-6,15-20H2,1-2H3,(H,26,29). The van der Waals surface area contributed by atoms with Crippen LogP contribution in [0.3, 0.4) is 0 Å². The van der Waals surface area contributed by atoms with Gasteiger partial charge in [-0.25, -0.2) is 0 Å². The summed E-state index contributed by atoms with van der Waals surface area (Å²) in [5.74, 6) is 0.792. The Kier molecular flexibility index (Phi) is 8.57. The highest BCUT2D eigenvalue weighted by Crippen LogP contribution is 2.18. The maximum Gasteiger partial charge on any atom is 0.251 e. The number of aryl methyl sites for hydroxylation is 1. The molecule has 0 unspecified atom stereocenters. The monoisotopic (exact) mass is 409 g/mol. The lowest BCUT2D eigenvalue weighted by atomic mass is 10.1. The minimum atomic E-state index is -0.0273. The van der Waals surface area contributed by atoms with Gasteiger partial charge in [0, 0.05) is 44.0 Å². The summed E-state index contributed by atoms with van der Waals surface area (Å²) in [5, 5.41) is 3.02. The molecule has 2 aromatic rings.